The predicted molar refractivity (Wildman–Crippen MR) is 101 cm³/mol. The molecule has 0 aromatic carbocycles. The smallest absolute Gasteiger partial charge is 0.531 e. The Labute approximate surface area is 150 Å². The van der Waals surface area contributed by atoms with E-state index in [-0.39, 0.29) is 5.92 Å². The van der Waals surface area contributed by atoms with Crippen LogP contribution in [0.1, 0.15) is 62.8 Å². The van der Waals surface area contributed by atoms with Crippen LogP contribution in [-0.4, -0.2) is 17.1 Å². The Bertz CT molecular complexity index is 728. The summed E-state index contributed by atoms with van der Waals surface area (Å²) in [5, 5.41) is 19.3. The van der Waals surface area contributed by atoms with Crippen molar-refractivity contribution in [2.75, 3.05) is 0 Å². The maximum atomic E-state index is 10.2. The number of rotatable bonds is 4. The van der Waals surface area contributed by atoms with Crippen molar-refractivity contribution in [1.82, 2.24) is 4.98 Å². The molecule has 4 nitrogen and oxygen atoms in total. The largest absolute Gasteiger partial charge is 0.552 e. The molecule has 0 unspecified atom stereocenters. The number of aromatic nitrogens is 1. The summed E-state index contributed by atoms with van der Waals surface area (Å²) in [7, 11) is -0.923. The molecular weight excluding hydrogens is 311 g/mol. The zero-order valence-electron chi connectivity index (χ0n) is 15.0. The molecule has 25 heavy (non-hydrogen) atoms. The van der Waals surface area contributed by atoms with Crippen LogP contribution in [0.15, 0.2) is 18.2 Å². The molecule has 0 bridgehead atoms. The summed E-state index contributed by atoms with van der Waals surface area (Å²) in [6.45, 7) is 4.16. The monoisotopic (exact) mass is 336 g/mol. The molecule has 0 spiro atoms. The third-order valence-corrected chi connectivity index (χ3v) is 5.19. The van der Waals surface area contributed by atoms with Crippen LogP contribution >= 0.6 is 0 Å². The van der Waals surface area contributed by atoms with Gasteiger partial charge in [0.05, 0.1) is 12.3 Å². The minimum absolute atomic E-state index is 0.171. The highest BCUT2D eigenvalue weighted by molar-refractivity contribution is 6.52. The Morgan fingerprint density at radius 2 is 2.16 bits per heavy atom. The maximum Gasteiger partial charge on any atom is 0.552 e. The highest BCUT2D eigenvalue weighted by Gasteiger charge is 2.33. The summed E-state index contributed by atoms with van der Waals surface area (Å²) >= 11 is 0. The standard InChI is InChI=1S/C20H25BN2O2/c1-3-5-16-18(6-4-2)23-13-19-20(16)17(11-21(24)25-19)15-9-7-14(12-22)8-10-15/h3,5,11,13-15,24H,4,6-10H2,1-2H3/b5-3-. The Morgan fingerprint density at radius 1 is 1.40 bits per heavy atom. The molecule has 2 aliphatic rings. The van der Waals surface area contributed by atoms with Crippen LogP contribution < -0.4 is 4.65 Å². The van der Waals surface area contributed by atoms with Gasteiger partial charge in [0.25, 0.3) is 0 Å². The first-order chi connectivity index (χ1) is 12.2. The summed E-state index contributed by atoms with van der Waals surface area (Å²) in [5.41, 5.74) is 4.44. The molecule has 130 valence electrons. The molecule has 1 aromatic heterocycles. The minimum atomic E-state index is -0.923. The molecule has 0 atom stereocenters. The zero-order valence-corrected chi connectivity index (χ0v) is 15.0. The van der Waals surface area contributed by atoms with Gasteiger partial charge in [0.15, 0.2) is 0 Å². The topological polar surface area (TPSA) is 66.1 Å². The summed E-state index contributed by atoms with van der Waals surface area (Å²) in [6.07, 6.45) is 11.7. The predicted octanol–water partition coefficient (Wildman–Crippen LogP) is 4.19. The number of nitrogens with zero attached hydrogens (tertiary/aromatic N) is 2. The van der Waals surface area contributed by atoms with Crippen molar-refractivity contribution in [3.8, 4) is 11.8 Å². The average molecular weight is 336 g/mol. The van der Waals surface area contributed by atoms with Crippen molar-refractivity contribution in [3.63, 3.8) is 0 Å². The lowest BCUT2D eigenvalue weighted by Crippen LogP contribution is -2.27. The first kappa shape index (κ1) is 17.8. The molecule has 1 aromatic rings. The first-order valence-electron chi connectivity index (χ1n) is 9.28. The molecule has 1 fully saturated rings. The summed E-state index contributed by atoms with van der Waals surface area (Å²) in [6, 6.07) is 2.40. The van der Waals surface area contributed by atoms with E-state index >= 15 is 0 Å². The molecule has 3 rings (SSSR count). The van der Waals surface area contributed by atoms with Crippen LogP contribution in [0, 0.1) is 23.2 Å². The van der Waals surface area contributed by atoms with Crippen LogP contribution in [0.25, 0.3) is 11.6 Å². The quantitative estimate of drug-likeness (QED) is 0.837. The van der Waals surface area contributed by atoms with Crippen LogP contribution in [0.4, 0.5) is 0 Å². The lowest BCUT2D eigenvalue weighted by Gasteiger charge is -2.32. The van der Waals surface area contributed by atoms with E-state index in [1.165, 1.54) is 0 Å². The second-order valence-corrected chi connectivity index (χ2v) is 6.92. The number of aryl methyl sites for hydroxylation is 1. The van der Waals surface area contributed by atoms with Gasteiger partial charge in [-0.25, -0.2) is 0 Å². The number of fused-ring (bicyclic) bond motifs is 1. The van der Waals surface area contributed by atoms with Crippen LogP contribution in [0.2, 0.25) is 0 Å². The van der Waals surface area contributed by atoms with Gasteiger partial charge in [-0.1, -0.05) is 25.5 Å². The highest BCUT2D eigenvalue weighted by atomic mass is 16.5. The average Bonchev–Trinajstić information content (AvgIpc) is 2.63. The molecule has 0 radical (unpaired) electrons. The van der Waals surface area contributed by atoms with E-state index in [2.05, 4.69) is 24.1 Å². The number of hydrogen-bond donors (Lipinski definition) is 1. The van der Waals surface area contributed by atoms with E-state index in [0.29, 0.717) is 11.7 Å². The van der Waals surface area contributed by atoms with Gasteiger partial charge < -0.3 is 9.68 Å². The van der Waals surface area contributed by atoms with E-state index < -0.39 is 7.12 Å². The van der Waals surface area contributed by atoms with Gasteiger partial charge in [0.2, 0.25) is 0 Å². The molecule has 0 saturated heterocycles. The van der Waals surface area contributed by atoms with E-state index in [0.717, 1.165) is 60.9 Å². The van der Waals surface area contributed by atoms with E-state index in [9.17, 15) is 5.02 Å². The van der Waals surface area contributed by atoms with Crippen molar-refractivity contribution in [2.45, 2.75) is 52.4 Å². The fourth-order valence-electron chi connectivity index (χ4n) is 3.99. The summed E-state index contributed by atoms with van der Waals surface area (Å²) in [4.78, 5) is 4.58. The molecule has 5 heteroatoms. The molecule has 0 amide bonds. The Hall–Kier alpha value is -2.06. The molecule has 1 aliphatic carbocycles. The third kappa shape index (κ3) is 3.64. The van der Waals surface area contributed by atoms with Crippen molar-refractivity contribution in [1.29, 1.82) is 5.26 Å². The number of nitriles is 1. The van der Waals surface area contributed by atoms with Crippen molar-refractivity contribution >= 4 is 18.8 Å². The Morgan fingerprint density at radius 3 is 2.80 bits per heavy atom. The molecule has 1 N–H and O–H groups in total. The van der Waals surface area contributed by atoms with Gasteiger partial charge in [0, 0.05) is 22.7 Å². The third-order valence-electron chi connectivity index (χ3n) is 5.19. The normalized spacial score (nSPS) is 23.0. The van der Waals surface area contributed by atoms with Gasteiger partial charge in [-0.3, -0.25) is 4.98 Å². The summed E-state index contributed by atoms with van der Waals surface area (Å²) in [5.74, 6) is 3.05. The fraction of sp³-hybridized carbons (Fsp3) is 0.500. The van der Waals surface area contributed by atoms with Gasteiger partial charge in [-0.2, -0.15) is 5.26 Å². The second-order valence-electron chi connectivity index (χ2n) is 6.92. The van der Waals surface area contributed by atoms with E-state index in [1.807, 2.05) is 19.0 Å². The van der Waals surface area contributed by atoms with Crippen molar-refractivity contribution in [2.24, 2.45) is 11.8 Å². The number of pyridine rings is 1. The number of hydrogen-bond acceptors (Lipinski definition) is 4. The zero-order chi connectivity index (χ0) is 17.8. The second kappa shape index (κ2) is 7.88. The molecule has 1 saturated carbocycles. The van der Waals surface area contributed by atoms with Crippen LogP contribution in [-0.2, 0) is 6.42 Å². The van der Waals surface area contributed by atoms with E-state index in [1.54, 1.807) is 6.20 Å². The molecule has 1 aliphatic heterocycles. The minimum Gasteiger partial charge on any atom is -0.531 e. The maximum absolute atomic E-state index is 10.2. The molecule has 2 heterocycles. The van der Waals surface area contributed by atoms with Gasteiger partial charge in [-0.05, 0) is 56.5 Å². The Balaban J connectivity index is 2.04. The van der Waals surface area contributed by atoms with E-state index in [4.69, 9.17) is 9.92 Å². The molecular formula is C20H25BN2O2. The van der Waals surface area contributed by atoms with Crippen molar-refractivity contribution < 1.29 is 9.68 Å². The Kier molecular flexibility index (Phi) is 5.60. The summed E-state index contributed by atoms with van der Waals surface area (Å²) < 4.78 is 5.65. The lowest BCUT2D eigenvalue weighted by atomic mass is 9.70. The van der Waals surface area contributed by atoms with Gasteiger partial charge >= 0.3 is 7.12 Å². The van der Waals surface area contributed by atoms with Gasteiger partial charge in [-0.15, -0.1) is 0 Å². The van der Waals surface area contributed by atoms with Crippen molar-refractivity contribution in [3.05, 3.63) is 35.1 Å². The first-order valence-corrected chi connectivity index (χ1v) is 9.28. The van der Waals surface area contributed by atoms with Crippen LogP contribution in [0.5, 0.6) is 5.75 Å². The fourth-order valence-corrected chi connectivity index (χ4v) is 3.99. The number of allylic oxidation sites excluding steroid dienone is 2. The SMILES string of the molecule is C/C=C\c1c(CCC)ncc2c1C(C1CCC(C#N)CC1)=CB(O)O2. The lowest BCUT2D eigenvalue weighted by molar-refractivity contribution is 0.366. The van der Waals surface area contributed by atoms with Gasteiger partial charge in [0.1, 0.15) is 5.75 Å². The highest BCUT2D eigenvalue weighted by Crippen LogP contribution is 2.44. The van der Waals surface area contributed by atoms with Crippen LogP contribution in [0.3, 0.4) is 0 Å².